The van der Waals surface area contributed by atoms with Gasteiger partial charge in [-0.05, 0) is 54.3 Å². The Kier molecular flexibility index (Phi) is 7.89. The first-order valence-corrected chi connectivity index (χ1v) is 14.4. The topological polar surface area (TPSA) is 65.8 Å². The van der Waals surface area contributed by atoms with Crippen LogP contribution in [0.5, 0.6) is 5.75 Å². The van der Waals surface area contributed by atoms with Gasteiger partial charge in [0.2, 0.25) is 0 Å². The van der Waals surface area contributed by atoms with E-state index in [-0.39, 0.29) is 24.5 Å². The molecule has 0 amide bonds. The second kappa shape index (κ2) is 11.7. The summed E-state index contributed by atoms with van der Waals surface area (Å²) in [5.74, 6) is 0.969. The van der Waals surface area contributed by atoms with Crippen molar-refractivity contribution in [3.05, 3.63) is 87.3 Å². The first-order valence-electron chi connectivity index (χ1n) is 13.2. The molecular weight excluding hydrogens is 553 g/mol. The molecule has 6 rings (SSSR count). The van der Waals surface area contributed by atoms with Crippen LogP contribution in [-0.4, -0.2) is 53.3 Å². The molecule has 0 radical (unpaired) electrons. The lowest BCUT2D eigenvalue weighted by Gasteiger charge is -2.29. The molecular formula is C30H29ClFN3O4S. The molecule has 208 valence electrons. The average Bonchev–Trinajstić information content (AvgIpc) is 3.48. The quantitative estimate of drug-likeness (QED) is 0.215. The van der Waals surface area contributed by atoms with Crippen molar-refractivity contribution in [1.29, 1.82) is 0 Å². The van der Waals surface area contributed by atoms with E-state index in [1.807, 2.05) is 24.3 Å². The third-order valence-electron chi connectivity index (χ3n) is 7.34. The number of benzene rings is 2. The number of hydrogen-bond donors (Lipinski definition) is 0. The third-order valence-corrected chi connectivity index (χ3v) is 8.70. The van der Waals surface area contributed by atoms with Gasteiger partial charge in [-0.25, -0.2) is 14.2 Å². The Morgan fingerprint density at radius 2 is 2.12 bits per heavy atom. The molecule has 0 aliphatic carbocycles. The van der Waals surface area contributed by atoms with Crippen LogP contribution in [0.2, 0.25) is 5.02 Å². The van der Waals surface area contributed by atoms with Crippen molar-refractivity contribution in [2.75, 3.05) is 26.8 Å². The number of imidazole rings is 1. The number of halogens is 2. The highest BCUT2D eigenvalue weighted by atomic mass is 35.5. The van der Waals surface area contributed by atoms with Gasteiger partial charge in [0.25, 0.3) is 0 Å². The highest BCUT2D eigenvalue weighted by Gasteiger charge is 2.25. The summed E-state index contributed by atoms with van der Waals surface area (Å²) in [5.41, 5.74) is 3.65. The molecule has 0 saturated carbocycles. The summed E-state index contributed by atoms with van der Waals surface area (Å²) in [6, 6.07) is 14.4. The average molecular weight is 582 g/mol. The molecule has 2 aromatic heterocycles. The molecule has 40 heavy (non-hydrogen) atoms. The molecule has 7 nitrogen and oxygen atoms in total. The smallest absolute Gasteiger partial charge is 0.348 e. The van der Waals surface area contributed by atoms with Crippen LogP contribution < -0.4 is 4.74 Å². The number of rotatable bonds is 9. The lowest BCUT2D eigenvalue weighted by molar-refractivity contribution is -0.0591. The summed E-state index contributed by atoms with van der Waals surface area (Å²) in [6.07, 6.45) is 4.35. The summed E-state index contributed by atoms with van der Waals surface area (Å²) in [4.78, 5) is 20.9. The lowest BCUT2D eigenvalue weighted by Crippen LogP contribution is -2.33. The maximum atomic E-state index is 14.1. The Hall–Kier alpha value is -3.24. The van der Waals surface area contributed by atoms with Gasteiger partial charge in [0.1, 0.15) is 39.2 Å². The number of methoxy groups -OCH3 is 1. The molecule has 2 aliphatic rings. The number of carbonyl (C=O) groups is 1. The molecule has 1 saturated heterocycles. The summed E-state index contributed by atoms with van der Waals surface area (Å²) in [5, 5.41) is 0.366. The van der Waals surface area contributed by atoms with E-state index in [1.54, 1.807) is 12.1 Å². The molecule has 0 spiro atoms. The van der Waals surface area contributed by atoms with Gasteiger partial charge in [-0.15, -0.1) is 11.3 Å². The third kappa shape index (κ3) is 5.78. The zero-order chi connectivity index (χ0) is 27.6. The van der Waals surface area contributed by atoms with Gasteiger partial charge in [-0.1, -0.05) is 35.9 Å². The largest absolute Gasteiger partial charge is 0.489 e. The molecule has 2 aliphatic heterocycles. The number of aromatic nitrogens is 2. The standard InChI is InChI=1S/C30H29ClFN3O4S/c1-37-30(36)27-15-26-29(40-27)35(16-24-9-12-38-24)28(33-26)17-34-10-7-19(8-11-34)20-3-2-4-23(13-20)39-18-21-5-6-22(31)14-25(21)32/h2-7,13-15,24H,8-12,16-18H2,1H3/t24-/m0/s1. The maximum absolute atomic E-state index is 14.1. The van der Waals surface area contributed by atoms with Crippen LogP contribution >= 0.6 is 22.9 Å². The molecule has 4 heterocycles. The summed E-state index contributed by atoms with van der Waals surface area (Å²) >= 11 is 7.27. The van der Waals surface area contributed by atoms with Gasteiger partial charge in [-0.2, -0.15) is 0 Å². The van der Waals surface area contributed by atoms with Crippen LogP contribution in [0.1, 0.15) is 39.5 Å². The second-order valence-electron chi connectivity index (χ2n) is 9.98. The Bertz CT molecular complexity index is 1580. The fraction of sp³-hybridized carbons (Fsp3) is 0.333. The lowest BCUT2D eigenvalue weighted by atomic mass is 9.99. The highest BCUT2D eigenvalue weighted by molar-refractivity contribution is 7.20. The highest BCUT2D eigenvalue weighted by Crippen LogP contribution is 2.31. The number of ether oxygens (including phenoxy) is 3. The summed E-state index contributed by atoms with van der Waals surface area (Å²) in [6.45, 7) is 4.05. The van der Waals surface area contributed by atoms with Gasteiger partial charge in [0.15, 0.2) is 0 Å². The molecule has 4 aromatic rings. The molecule has 0 bridgehead atoms. The van der Waals surface area contributed by atoms with Crippen LogP contribution in [0, 0.1) is 5.82 Å². The first kappa shape index (κ1) is 27.0. The van der Waals surface area contributed by atoms with Crippen molar-refractivity contribution in [3.8, 4) is 5.75 Å². The predicted octanol–water partition coefficient (Wildman–Crippen LogP) is 6.33. The summed E-state index contributed by atoms with van der Waals surface area (Å²) in [7, 11) is 1.39. The van der Waals surface area contributed by atoms with E-state index in [2.05, 4.69) is 21.6 Å². The van der Waals surface area contributed by atoms with Gasteiger partial charge in [-0.3, -0.25) is 4.90 Å². The molecule has 0 unspecified atom stereocenters. The molecule has 10 heteroatoms. The van der Waals surface area contributed by atoms with Crippen molar-refractivity contribution < 1.29 is 23.4 Å². The number of fused-ring (bicyclic) bond motifs is 1. The second-order valence-corrected chi connectivity index (χ2v) is 11.4. The normalized spacial score (nSPS) is 17.5. The Morgan fingerprint density at radius 3 is 2.85 bits per heavy atom. The molecule has 0 N–H and O–H groups in total. The molecule has 1 atom stereocenters. The van der Waals surface area contributed by atoms with Crippen LogP contribution in [0.15, 0.2) is 54.6 Å². The zero-order valence-electron chi connectivity index (χ0n) is 22.1. The Morgan fingerprint density at radius 1 is 1.25 bits per heavy atom. The molecule has 1 fully saturated rings. The predicted molar refractivity (Wildman–Crippen MR) is 153 cm³/mol. The van der Waals surface area contributed by atoms with Gasteiger partial charge < -0.3 is 18.8 Å². The van der Waals surface area contributed by atoms with Crippen LogP contribution in [0.3, 0.4) is 0 Å². The minimum atomic E-state index is -0.372. The number of carbonyl (C=O) groups excluding carboxylic acids is 1. The number of thiophene rings is 1. The van der Waals surface area contributed by atoms with Crippen molar-refractivity contribution in [1.82, 2.24) is 14.5 Å². The van der Waals surface area contributed by atoms with E-state index in [9.17, 15) is 9.18 Å². The van der Waals surface area contributed by atoms with Crippen LogP contribution in [0.25, 0.3) is 15.9 Å². The number of esters is 1. The minimum Gasteiger partial charge on any atom is -0.489 e. The number of hydrogen-bond acceptors (Lipinski definition) is 7. The van der Waals surface area contributed by atoms with Gasteiger partial charge in [0.05, 0.1) is 26.3 Å². The summed E-state index contributed by atoms with van der Waals surface area (Å²) < 4.78 is 32.8. The first-order chi connectivity index (χ1) is 19.5. The van der Waals surface area contributed by atoms with E-state index in [0.717, 1.165) is 60.8 Å². The van der Waals surface area contributed by atoms with Crippen molar-refractivity contribution in [2.45, 2.75) is 38.6 Å². The van der Waals surface area contributed by atoms with Gasteiger partial charge >= 0.3 is 5.97 Å². The minimum absolute atomic E-state index is 0.135. The fourth-order valence-electron chi connectivity index (χ4n) is 5.01. The van der Waals surface area contributed by atoms with E-state index in [0.29, 0.717) is 27.8 Å². The fourth-order valence-corrected chi connectivity index (χ4v) is 6.21. The van der Waals surface area contributed by atoms with Gasteiger partial charge in [0, 0.05) is 30.3 Å². The van der Waals surface area contributed by atoms with E-state index in [4.69, 9.17) is 30.8 Å². The maximum Gasteiger partial charge on any atom is 0.348 e. The van der Waals surface area contributed by atoms with E-state index in [1.165, 1.54) is 30.1 Å². The van der Waals surface area contributed by atoms with E-state index >= 15 is 0 Å². The van der Waals surface area contributed by atoms with E-state index < -0.39 is 0 Å². The monoisotopic (exact) mass is 581 g/mol. The SMILES string of the molecule is COC(=O)c1cc2nc(CN3CC=C(c4cccc(OCc5ccc(Cl)cc5F)c4)CC3)n(C[C@@H]3CCO3)c2s1. The Balaban J connectivity index is 1.13. The van der Waals surface area contributed by atoms with Crippen molar-refractivity contribution in [3.63, 3.8) is 0 Å². The van der Waals surface area contributed by atoms with Crippen molar-refractivity contribution in [2.24, 2.45) is 0 Å². The van der Waals surface area contributed by atoms with Crippen LogP contribution in [0.4, 0.5) is 4.39 Å². The molecule has 2 aromatic carbocycles. The van der Waals surface area contributed by atoms with Crippen LogP contribution in [-0.2, 0) is 29.2 Å². The number of nitrogens with zero attached hydrogens (tertiary/aromatic N) is 3. The Labute approximate surface area is 240 Å². The van der Waals surface area contributed by atoms with Crippen molar-refractivity contribution >= 4 is 44.8 Å². The zero-order valence-corrected chi connectivity index (χ0v) is 23.6.